The third-order valence-corrected chi connectivity index (χ3v) is 2.24. The summed E-state index contributed by atoms with van der Waals surface area (Å²) in [4.78, 5) is 11.1. The van der Waals surface area contributed by atoms with Crippen molar-refractivity contribution in [2.75, 3.05) is 25.1 Å². The van der Waals surface area contributed by atoms with Crippen molar-refractivity contribution in [1.82, 2.24) is 0 Å². The molecular weight excluding hydrogens is 226 g/mol. The van der Waals surface area contributed by atoms with E-state index in [0.29, 0.717) is 17.2 Å². The highest BCUT2D eigenvalue weighted by Gasteiger charge is 2.16. The van der Waals surface area contributed by atoms with Crippen LogP contribution in [0.3, 0.4) is 0 Å². The smallest absolute Gasteiger partial charge is 0.262 e. The molecule has 0 aromatic heterocycles. The Hall–Kier alpha value is -1.79. The Morgan fingerprint density at radius 2 is 2.35 bits per heavy atom. The van der Waals surface area contributed by atoms with Crippen LogP contribution in [0.4, 0.5) is 5.69 Å². The fraction of sp³-hybridized carbons (Fsp3) is 0.364. The van der Waals surface area contributed by atoms with Gasteiger partial charge in [0.1, 0.15) is 24.2 Å². The van der Waals surface area contributed by atoms with Crippen molar-refractivity contribution >= 4 is 11.6 Å². The normalized spacial score (nSPS) is 15.5. The average Bonchev–Trinajstić information content (AvgIpc) is 2.35. The van der Waals surface area contributed by atoms with Gasteiger partial charge in [-0.3, -0.25) is 4.79 Å². The van der Waals surface area contributed by atoms with Crippen LogP contribution < -0.4 is 14.8 Å². The van der Waals surface area contributed by atoms with E-state index >= 15 is 0 Å². The molecule has 2 rings (SSSR count). The Morgan fingerprint density at radius 3 is 3.12 bits per heavy atom. The molecule has 6 nitrogen and oxygen atoms in total. The van der Waals surface area contributed by atoms with E-state index in [1.54, 1.807) is 18.2 Å². The molecule has 1 aromatic rings. The minimum Gasteiger partial charge on any atom is -0.491 e. The first-order valence-corrected chi connectivity index (χ1v) is 5.17. The van der Waals surface area contributed by atoms with E-state index in [1.165, 1.54) is 0 Å². The number of carbonyl (C=O) groups is 1. The van der Waals surface area contributed by atoms with E-state index in [4.69, 9.17) is 19.7 Å². The number of ether oxygens (including phenoxy) is 2. The number of anilines is 1. The third-order valence-electron chi connectivity index (χ3n) is 2.24. The quantitative estimate of drug-likeness (QED) is 0.674. The first-order chi connectivity index (χ1) is 8.19. The lowest BCUT2D eigenvalue weighted by Crippen LogP contribution is -2.25. The number of hydrogen-bond donors (Lipinski definition) is 3. The van der Waals surface area contributed by atoms with E-state index in [-0.39, 0.29) is 25.7 Å². The number of rotatable bonds is 4. The molecule has 1 amide bonds. The molecule has 0 bridgehead atoms. The number of fused-ring (bicyclic) bond motifs is 1. The molecule has 6 heteroatoms. The second-order valence-corrected chi connectivity index (χ2v) is 3.64. The summed E-state index contributed by atoms with van der Waals surface area (Å²) < 4.78 is 10.4. The summed E-state index contributed by atoms with van der Waals surface area (Å²) in [6.45, 7) is -0.356. The van der Waals surface area contributed by atoms with Crippen LogP contribution in [0, 0.1) is 0 Å². The molecule has 0 radical (unpaired) electrons. The second kappa shape index (κ2) is 5.03. The minimum atomic E-state index is -0.920. The van der Waals surface area contributed by atoms with Crippen molar-refractivity contribution in [1.29, 1.82) is 0 Å². The van der Waals surface area contributed by atoms with E-state index in [2.05, 4.69) is 5.32 Å². The van der Waals surface area contributed by atoms with Gasteiger partial charge in [-0.25, -0.2) is 0 Å². The molecule has 1 unspecified atom stereocenters. The molecule has 1 aromatic carbocycles. The predicted molar refractivity (Wildman–Crippen MR) is 59.2 cm³/mol. The number of aliphatic hydroxyl groups is 2. The molecule has 17 heavy (non-hydrogen) atoms. The highest BCUT2D eigenvalue weighted by atomic mass is 16.5. The standard InChI is InChI=1S/C11H13NO5/c13-4-7(14)5-16-8-1-2-10-9(3-8)12-11(15)6-17-10/h1-3,7,13-14H,4-6H2,(H,12,15). The molecule has 1 heterocycles. The van der Waals surface area contributed by atoms with Gasteiger partial charge in [0.2, 0.25) is 0 Å². The predicted octanol–water partition coefficient (Wildman–Crippen LogP) is -0.251. The zero-order valence-corrected chi connectivity index (χ0v) is 9.05. The Kier molecular flexibility index (Phi) is 3.46. The van der Waals surface area contributed by atoms with Gasteiger partial charge in [-0.2, -0.15) is 0 Å². The van der Waals surface area contributed by atoms with Gasteiger partial charge in [0.25, 0.3) is 5.91 Å². The molecule has 1 aliphatic heterocycles. The summed E-state index contributed by atoms with van der Waals surface area (Å²) in [5.41, 5.74) is 0.539. The summed E-state index contributed by atoms with van der Waals surface area (Å²) >= 11 is 0. The summed E-state index contributed by atoms with van der Waals surface area (Å²) in [6, 6.07) is 4.95. The topological polar surface area (TPSA) is 88.0 Å². The highest BCUT2D eigenvalue weighted by molar-refractivity contribution is 5.95. The monoisotopic (exact) mass is 239 g/mol. The number of amides is 1. The number of nitrogens with one attached hydrogen (secondary N) is 1. The number of aliphatic hydroxyl groups excluding tert-OH is 2. The zero-order valence-electron chi connectivity index (χ0n) is 9.05. The summed E-state index contributed by atoms with van der Waals surface area (Å²) in [6.07, 6.45) is -0.920. The summed E-state index contributed by atoms with van der Waals surface area (Å²) in [5.74, 6) is 0.853. The lowest BCUT2D eigenvalue weighted by atomic mass is 10.2. The molecule has 0 spiro atoms. The summed E-state index contributed by atoms with van der Waals surface area (Å²) in [5, 5.41) is 20.4. The van der Waals surface area contributed by atoms with Gasteiger partial charge in [0.05, 0.1) is 12.3 Å². The van der Waals surface area contributed by atoms with Crippen molar-refractivity contribution in [3.63, 3.8) is 0 Å². The van der Waals surface area contributed by atoms with E-state index in [9.17, 15) is 4.79 Å². The Labute approximate surface area is 97.8 Å². The van der Waals surface area contributed by atoms with Gasteiger partial charge < -0.3 is 25.0 Å². The van der Waals surface area contributed by atoms with E-state index < -0.39 is 6.10 Å². The van der Waals surface area contributed by atoms with Crippen LogP contribution in [0.25, 0.3) is 0 Å². The van der Waals surface area contributed by atoms with Gasteiger partial charge in [0, 0.05) is 6.07 Å². The molecule has 0 aliphatic carbocycles. The first kappa shape index (κ1) is 11.7. The van der Waals surface area contributed by atoms with Crippen LogP contribution in [0.5, 0.6) is 11.5 Å². The molecule has 1 atom stereocenters. The van der Waals surface area contributed by atoms with Crippen LogP contribution >= 0.6 is 0 Å². The van der Waals surface area contributed by atoms with Crippen molar-refractivity contribution in [2.24, 2.45) is 0 Å². The average molecular weight is 239 g/mol. The van der Waals surface area contributed by atoms with Crippen LogP contribution in [0.2, 0.25) is 0 Å². The third kappa shape index (κ3) is 2.86. The molecule has 1 aliphatic rings. The lowest BCUT2D eigenvalue weighted by Gasteiger charge is -2.19. The minimum absolute atomic E-state index is 0.00983. The number of benzene rings is 1. The fourth-order valence-electron chi connectivity index (χ4n) is 1.40. The molecular formula is C11H13NO5. The van der Waals surface area contributed by atoms with E-state index in [1.807, 2.05) is 0 Å². The second-order valence-electron chi connectivity index (χ2n) is 3.64. The molecule has 3 N–H and O–H groups in total. The van der Waals surface area contributed by atoms with Crippen LogP contribution in [0.15, 0.2) is 18.2 Å². The maximum atomic E-state index is 11.1. The van der Waals surface area contributed by atoms with E-state index in [0.717, 1.165) is 0 Å². The van der Waals surface area contributed by atoms with Gasteiger partial charge in [0.15, 0.2) is 6.61 Å². The Balaban J connectivity index is 2.05. The Morgan fingerprint density at radius 1 is 1.53 bits per heavy atom. The van der Waals surface area contributed by atoms with Gasteiger partial charge >= 0.3 is 0 Å². The first-order valence-electron chi connectivity index (χ1n) is 5.17. The van der Waals surface area contributed by atoms with Gasteiger partial charge in [-0.1, -0.05) is 0 Å². The largest absolute Gasteiger partial charge is 0.491 e. The summed E-state index contributed by atoms with van der Waals surface area (Å²) in [7, 11) is 0. The van der Waals surface area contributed by atoms with Gasteiger partial charge in [-0.15, -0.1) is 0 Å². The maximum Gasteiger partial charge on any atom is 0.262 e. The highest BCUT2D eigenvalue weighted by Crippen LogP contribution is 2.31. The van der Waals surface area contributed by atoms with Gasteiger partial charge in [-0.05, 0) is 12.1 Å². The molecule has 0 saturated carbocycles. The van der Waals surface area contributed by atoms with Crippen LogP contribution in [-0.2, 0) is 4.79 Å². The number of carbonyl (C=O) groups excluding carboxylic acids is 1. The Bertz CT molecular complexity index is 420. The van der Waals surface area contributed by atoms with Crippen molar-refractivity contribution in [3.8, 4) is 11.5 Å². The molecule has 0 fully saturated rings. The SMILES string of the molecule is O=C1COc2ccc(OCC(O)CO)cc2N1. The number of hydrogen-bond acceptors (Lipinski definition) is 5. The van der Waals surface area contributed by atoms with Crippen LogP contribution in [0.1, 0.15) is 0 Å². The maximum absolute atomic E-state index is 11.1. The lowest BCUT2D eigenvalue weighted by molar-refractivity contribution is -0.118. The fourth-order valence-corrected chi connectivity index (χ4v) is 1.40. The van der Waals surface area contributed by atoms with Crippen LogP contribution in [-0.4, -0.2) is 42.0 Å². The molecule has 92 valence electrons. The molecule has 0 saturated heterocycles. The zero-order chi connectivity index (χ0) is 12.3. The van der Waals surface area contributed by atoms with Crippen molar-refractivity contribution in [3.05, 3.63) is 18.2 Å². The van der Waals surface area contributed by atoms with Crippen molar-refractivity contribution in [2.45, 2.75) is 6.10 Å². The van der Waals surface area contributed by atoms with Crippen molar-refractivity contribution < 1.29 is 24.5 Å².